The molecule has 1 aromatic rings. The van der Waals surface area contributed by atoms with Crippen molar-refractivity contribution >= 4 is 5.97 Å². The van der Waals surface area contributed by atoms with Crippen molar-refractivity contribution in [2.45, 2.75) is 45.8 Å². The molecule has 1 aromatic carbocycles. The fourth-order valence-corrected chi connectivity index (χ4v) is 5.13. The van der Waals surface area contributed by atoms with Crippen LogP contribution < -0.4 is 0 Å². The van der Waals surface area contributed by atoms with Gasteiger partial charge in [0.05, 0.1) is 5.92 Å². The van der Waals surface area contributed by atoms with E-state index in [9.17, 15) is 4.79 Å². The molecule has 0 radical (unpaired) electrons. The number of rotatable bonds is 4. The Morgan fingerprint density at radius 3 is 2.81 bits per heavy atom. The molecule has 0 spiro atoms. The lowest BCUT2D eigenvalue weighted by atomic mass is 9.62. The average molecular weight is 351 g/mol. The van der Waals surface area contributed by atoms with Crippen LogP contribution in [0.1, 0.15) is 38.7 Å². The summed E-state index contributed by atoms with van der Waals surface area (Å²) in [5.74, 6) is 0.145. The molecular formula is C23H29NO2. The fraction of sp³-hybridized carbons (Fsp3) is 0.522. The molecule has 1 heterocycles. The molecule has 0 bridgehead atoms. The van der Waals surface area contributed by atoms with Crippen LogP contribution in [0.5, 0.6) is 0 Å². The van der Waals surface area contributed by atoms with Gasteiger partial charge in [0.25, 0.3) is 0 Å². The van der Waals surface area contributed by atoms with E-state index in [2.05, 4.69) is 62.2 Å². The summed E-state index contributed by atoms with van der Waals surface area (Å²) in [4.78, 5) is 14.9. The Labute approximate surface area is 156 Å². The number of hydrogen-bond donors (Lipinski definition) is 0. The number of ether oxygens (including phenoxy) is 1. The minimum Gasteiger partial charge on any atom is -0.461 e. The number of allylic oxidation sites excluding steroid dienone is 3. The lowest BCUT2D eigenvalue weighted by molar-refractivity contribution is -0.145. The van der Waals surface area contributed by atoms with Crippen LogP contribution in [0.15, 0.2) is 53.6 Å². The number of carbonyl (C=O) groups excluding carboxylic acids is 1. The van der Waals surface area contributed by atoms with Crippen LogP contribution in [0.25, 0.3) is 0 Å². The largest absolute Gasteiger partial charge is 0.461 e. The van der Waals surface area contributed by atoms with Crippen molar-refractivity contribution in [1.82, 2.24) is 4.90 Å². The second-order valence-corrected chi connectivity index (χ2v) is 8.61. The second kappa shape index (κ2) is 6.70. The summed E-state index contributed by atoms with van der Waals surface area (Å²) in [6.45, 7) is 6.17. The van der Waals surface area contributed by atoms with Crippen molar-refractivity contribution in [2.75, 3.05) is 13.6 Å². The fourth-order valence-electron chi connectivity index (χ4n) is 5.13. The van der Waals surface area contributed by atoms with Crippen LogP contribution >= 0.6 is 0 Å². The minimum absolute atomic E-state index is 0.0133. The summed E-state index contributed by atoms with van der Waals surface area (Å²) in [5, 5.41) is 0. The third kappa shape index (κ3) is 3.14. The minimum atomic E-state index is -0.0551. The Morgan fingerprint density at radius 2 is 2.04 bits per heavy atom. The van der Waals surface area contributed by atoms with Gasteiger partial charge < -0.3 is 9.64 Å². The molecule has 4 atom stereocenters. The molecule has 2 aliphatic carbocycles. The number of esters is 1. The van der Waals surface area contributed by atoms with Gasteiger partial charge in [0.2, 0.25) is 0 Å². The standard InChI is InChI=1S/C23H29NO2/c1-16-8-7-11-23(2)13-21-18(12-20(16)23)19(22(25)26-21)15-24(3)14-17-9-5-4-6-10-17/h4-6,8-10,12,18-19,21H,7,11,13-15H2,1-3H3/t18-,19?,21-,23-/m1/s1. The quantitative estimate of drug-likeness (QED) is 0.755. The third-order valence-corrected chi connectivity index (χ3v) is 6.50. The normalized spacial score (nSPS) is 33.2. The predicted octanol–water partition coefficient (Wildman–Crippen LogP) is 4.35. The van der Waals surface area contributed by atoms with Gasteiger partial charge in [-0.15, -0.1) is 0 Å². The average Bonchev–Trinajstić information content (AvgIpc) is 2.88. The van der Waals surface area contributed by atoms with E-state index in [0.29, 0.717) is 0 Å². The zero-order valence-corrected chi connectivity index (χ0v) is 16.1. The highest BCUT2D eigenvalue weighted by Crippen LogP contribution is 2.52. The van der Waals surface area contributed by atoms with E-state index in [1.807, 2.05) is 6.07 Å². The molecule has 1 aliphatic heterocycles. The topological polar surface area (TPSA) is 29.5 Å². The van der Waals surface area contributed by atoms with Gasteiger partial charge in [0.1, 0.15) is 6.10 Å². The van der Waals surface area contributed by atoms with Crippen molar-refractivity contribution in [3.05, 3.63) is 59.2 Å². The molecule has 1 fully saturated rings. The highest BCUT2D eigenvalue weighted by atomic mass is 16.6. The zero-order chi connectivity index (χ0) is 18.3. The summed E-state index contributed by atoms with van der Waals surface area (Å²) in [6.07, 6.45) is 8.05. The van der Waals surface area contributed by atoms with E-state index in [1.165, 1.54) is 16.7 Å². The van der Waals surface area contributed by atoms with Crippen LogP contribution in [-0.4, -0.2) is 30.6 Å². The van der Waals surface area contributed by atoms with Gasteiger partial charge in [0.15, 0.2) is 0 Å². The molecule has 0 amide bonds. The van der Waals surface area contributed by atoms with Crippen molar-refractivity contribution < 1.29 is 9.53 Å². The van der Waals surface area contributed by atoms with Gasteiger partial charge in [-0.2, -0.15) is 0 Å². The van der Waals surface area contributed by atoms with Crippen LogP contribution in [0.2, 0.25) is 0 Å². The van der Waals surface area contributed by atoms with Gasteiger partial charge in [-0.25, -0.2) is 0 Å². The zero-order valence-electron chi connectivity index (χ0n) is 16.1. The molecule has 4 rings (SSSR count). The number of carbonyl (C=O) groups is 1. The highest BCUT2D eigenvalue weighted by Gasteiger charge is 2.50. The lowest BCUT2D eigenvalue weighted by Crippen LogP contribution is -2.38. The number of fused-ring (bicyclic) bond motifs is 2. The smallest absolute Gasteiger partial charge is 0.311 e. The number of benzene rings is 1. The monoisotopic (exact) mass is 351 g/mol. The predicted molar refractivity (Wildman–Crippen MR) is 103 cm³/mol. The lowest BCUT2D eigenvalue weighted by Gasteiger charge is -2.43. The second-order valence-electron chi connectivity index (χ2n) is 8.61. The summed E-state index contributed by atoms with van der Waals surface area (Å²) < 4.78 is 5.85. The molecule has 1 unspecified atom stereocenters. The van der Waals surface area contributed by atoms with E-state index in [4.69, 9.17) is 4.74 Å². The Balaban J connectivity index is 1.53. The van der Waals surface area contributed by atoms with Crippen LogP contribution in [0.4, 0.5) is 0 Å². The Kier molecular flexibility index (Phi) is 4.52. The first kappa shape index (κ1) is 17.5. The van der Waals surface area contributed by atoms with Gasteiger partial charge in [-0.1, -0.05) is 55.0 Å². The van der Waals surface area contributed by atoms with Crippen molar-refractivity contribution in [3.8, 4) is 0 Å². The van der Waals surface area contributed by atoms with Crippen molar-refractivity contribution in [3.63, 3.8) is 0 Å². The SMILES string of the molecule is CC1=CCC[C@]2(C)C[C@H]3OC(=O)C(CN(C)Cc4ccccc4)[C@H]3C=C12. The molecule has 0 N–H and O–H groups in total. The first-order valence-corrected chi connectivity index (χ1v) is 9.79. The molecule has 3 heteroatoms. The molecule has 3 aliphatic rings. The molecule has 0 aromatic heterocycles. The van der Waals surface area contributed by atoms with Crippen LogP contribution in [0.3, 0.4) is 0 Å². The molecule has 0 saturated carbocycles. The third-order valence-electron chi connectivity index (χ3n) is 6.50. The summed E-state index contributed by atoms with van der Waals surface area (Å²) in [7, 11) is 2.10. The van der Waals surface area contributed by atoms with Gasteiger partial charge >= 0.3 is 5.97 Å². The highest BCUT2D eigenvalue weighted by molar-refractivity contribution is 5.76. The molecule has 1 saturated heterocycles. The van der Waals surface area contributed by atoms with Crippen LogP contribution in [-0.2, 0) is 16.1 Å². The maximum atomic E-state index is 12.6. The molecule has 26 heavy (non-hydrogen) atoms. The summed E-state index contributed by atoms with van der Waals surface area (Å²) in [6, 6.07) is 10.4. The van der Waals surface area contributed by atoms with Gasteiger partial charge in [0, 0.05) is 19.0 Å². The first-order chi connectivity index (χ1) is 12.5. The number of nitrogens with zero attached hydrogens (tertiary/aromatic N) is 1. The van der Waals surface area contributed by atoms with Gasteiger partial charge in [-0.05, 0) is 49.8 Å². The first-order valence-electron chi connectivity index (χ1n) is 9.79. The summed E-state index contributed by atoms with van der Waals surface area (Å²) >= 11 is 0. The number of hydrogen-bond acceptors (Lipinski definition) is 3. The maximum Gasteiger partial charge on any atom is 0.311 e. The van der Waals surface area contributed by atoms with Crippen molar-refractivity contribution in [2.24, 2.45) is 17.3 Å². The molecule has 138 valence electrons. The van der Waals surface area contributed by atoms with E-state index in [1.54, 1.807) is 0 Å². The van der Waals surface area contributed by atoms with Crippen LogP contribution in [0, 0.1) is 17.3 Å². The Bertz CT molecular complexity index is 751. The van der Waals surface area contributed by atoms with E-state index in [0.717, 1.165) is 32.4 Å². The molecular weight excluding hydrogens is 322 g/mol. The Hall–Kier alpha value is -1.87. The maximum absolute atomic E-state index is 12.6. The van der Waals surface area contributed by atoms with Crippen molar-refractivity contribution in [1.29, 1.82) is 0 Å². The van der Waals surface area contributed by atoms with E-state index >= 15 is 0 Å². The van der Waals surface area contributed by atoms with E-state index < -0.39 is 0 Å². The van der Waals surface area contributed by atoms with Gasteiger partial charge in [-0.3, -0.25) is 4.79 Å². The van der Waals surface area contributed by atoms with E-state index in [-0.39, 0.29) is 29.3 Å². The summed E-state index contributed by atoms with van der Waals surface area (Å²) in [5.41, 5.74) is 4.30. The molecule has 3 nitrogen and oxygen atoms in total. The Morgan fingerprint density at radius 1 is 1.27 bits per heavy atom.